The van der Waals surface area contributed by atoms with Crippen molar-refractivity contribution in [1.82, 2.24) is 9.80 Å². The average Bonchev–Trinajstić information content (AvgIpc) is 2.75. The third kappa shape index (κ3) is 5.86. The van der Waals surface area contributed by atoms with Gasteiger partial charge in [-0.05, 0) is 40.5 Å². The maximum atomic E-state index is 13.3. The Morgan fingerprint density at radius 1 is 0.724 bits per heavy atom. The average molecular weight is 393 g/mol. The Balaban J connectivity index is 1.12. The monoisotopic (exact) mass is 392 g/mol. The van der Waals surface area contributed by atoms with E-state index in [9.17, 15) is 4.39 Å². The molecule has 4 rings (SSSR count). The van der Waals surface area contributed by atoms with Gasteiger partial charge in [0.25, 0.3) is 0 Å². The molecule has 0 N–H and O–H groups in total. The zero-order chi connectivity index (χ0) is 19.9. The number of ether oxygens (including phenoxy) is 1. The van der Waals surface area contributed by atoms with E-state index in [2.05, 4.69) is 52.3 Å². The lowest BCUT2D eigenvalue weighted by Gasteiger charge is -2.34. The fraction of sp³-hybridized carbons (Fsp3) is 0.360. The van der Waals surface area contributed by atoms with Crippen LogP contribution in [0.4, 0.5) is 4.39 Å². The SMILES string of the molecule is Fc1cccc(CN2CCN(CCOCCc3ccc4ccccc4c3)CC2)c1. The Kier molecular flexibility index (Phi) is 6.88. The highest BCUT2D eigenvalue weighted by Crippen LogP contribution is 2.16. The van der Waals surface area contributed by atoms with Crippen molar-refractivity contribution in [3.05, 3.63) is 83.7 Å². The second kappa shape index (κ2) is 9.97. The smallest absolute Gasteiger partial charge is 0.123 e. The lowest BCUT2D eigenvalue weighted by atomic mass is 10.1. The molecule has 0 atom stereocenters. The zero-order valence-corrected chi connectivity index (χ0v) is 16.9. The molecule has 0 aromatic heterocycles. The van der Waals surface area contributed by atoms with Crippen molar-refractivity contribution in [2.45, 2.75) is 13.0 Å². The van der Waals surface area contributed by atoms with E-state index in [0.717, 1.165) is 64.5 Å². The number of halogens is 1. The molecule has 0 spiro atoms. The molecule has 0 unspecified atom stereocenters. The molecule has 0 amide bonds. The van der Waals surface area contributed by atoms with Crippen LogP contribution >= 0.6 is 0 Å². The van der Waals surface area contributed by atoms with Crippen LogP contribution in [0.1, 0.15) is 11.1 Å². The van der Waals surface area contributed by atoms with E-state index in [-0.39, 0.29) is 5.82 Å². The summed E-state index contributed by atoms with van der Waals surface area (Å²) >= 11 is 0. The van der Waals surface area contributed by atoms with Gasteiger partial charge in [-0.15, -0.1) is 0 Å². The van der Waals surface area contributed by atoms with E-state index in [1.165, 1.54) is 22.4 Å². The van der Waals surface area contributed by atoms with Crippen molar-refractivity contribution in [2.24, 2.45) is 0 Å². The third-order valence-corrected chi connectivity index (χ3v) is 5.66. The summed E-state index contributed by atoms with van der Waals surface area (Å²) in [6.07, 6.45) is 0.951. The molecule has 0 aliphatic carbocycles. The summed E-state index contributed by atoms with van der Waals surface area (Å²) in [4.78, 5) is 4.85. The number of piperazine rings is 1. The lowest BCUT2D eigenvalue weighted by molar-refractivity contribution is 0.0747. The largest absolute Gasteiger partial charge is 0.380 e. The molecular formula is C25H29FN2O. The van der Waals surface area contributed by atoms with Crippen LogP contribution < -0.4 is 0 Å². The second-order valence-corrected chi connectivity index (χ2v) is 7.79. The molecule has 1 fully saturated rings. The molecule has 1 aliphatic rings. The molecule has 3 nitrogen and oxygen atoms in total. The third-order valence-electron chi connectivity index (χ3n) is 5.66. The minimum Gasteiger partial charge on any atom is -0.380 e. The van der Waals surface area contributed by atoms with Crippen LogP contribution in [-0.4, -0.2) is 55.7 Å². The van der Waals surface area contributed by atoms with Crippen LogP contribution in [0.15, 0.2) is 66.7 Å². The Labute approximate surface area is 172 Å². The summed E-state index contributed by atoms with van der Waals surface area (Å²) < 4.78 is 19.2. The molecule has 152 valence electrons. The summed E-state index contributed by atoms with van der Waals surface area (Å²) in [5.41, 5.74) is 2.38. The van der Waals surface area contributed by atoms with Gasteiger partial charge in [0.05, 0.1) is 13.2 Å². The Bertz CT molecular complexity index is 921. The number of nitrogens with zero attached hydrogens (tertiary/aromatic N) is 2. The first-order valence-corrected chi connectivity index (χ1v) is 10.5. The number of hydrogen-bond acceptors (Lipinski definition) is 3. The van der Waals surface area contributed by atoms with E-state index in [4.69, 9.17) is 4.74 Å². The van der Waals surface area contributed by atoms with Gasteiger partial charge in [-0.3, -0.25) is 9.80 Å². The van der Waals surface area contributed by atoms with E-state index in [1.54, 1.807) is 12.1 Å². The van der Waals surface area contributed by atoms with Crippen molar-refractivity contribution >= 4 is 10.8 Å². The zero-order valence-electron chi connectivity index (χ0n) is 16.9. The number of rotatable bonds is 8. The summed E-state index contributed by atoms with van der Waals surface area (Å²) in [7, 11) is 0. The van der Waals surface area contributed by atoms with Crippen molar-refractivity contribution in [1.29, 1.82) is 0 Å². The van der Waals surface area contributed by atoms with Crippen molar-refractivity contribution in [2.75, 3.05) is 45.9 Å². The molecule has 1 heterocycles. The summed E-state index contributed by atoms with van der Waals surface area (Å²) in [6.45, 7) is 7.47. The second-order valence-electron chi connectivity index (χ2n) is 7.79. The van der Waals surface area contributed by atoms with Gasteiger partial charge in [0.1, 0.15) is 5.82 Å². The summed E-state index contributed by atoms with van der Waals surface area (Å²) in [6, 6.07) is 22.0. The first-order valence-electron chi connectivity index (χ1n) is 10.5. The van der Waals surface area contributed by atoms with Gasteiger partial charge in [0.2, 0.25) is 0 Å². The van der Waals surface area contributed by atoms with Crippen molar-refractivity contribution in [3.8, 4) is 0 Å². The number of fused-ring (bicyclic) bond motifs is 1. The fourth-order valence-corrected chi connectivity index (χ4v) is 3.94. The molecule has 29 heavy (non-hydrogen) atoms. The molecule has 4 heteroatoms. The molecule has 0 bridgehead atoms. The van der Waals surface area contributed by atoms with Gasteiger partial charge in [0.15, 0.2) is 0 Å². The van der Waals surface area contributed by atoms with Crippen LogP contribution in [0, 0.1) is 5.82 Å². The maximum Gasteiger partial charge on any atom is 0.123 e. The van der Waals surface area contributed by atoms with E-state index in [0.29, 0.717) is 0 Å². The number of benzene rings is 3. The Morgan fingerprint density at radius 3 is 2.34 bits per heavy atom. The predicted molar refractivity (Wildman–Crippen MR) is 117 cm³/mol. The molecule has 1 saturated heterocycles. The van der Waals surface area contributed by atoms with Crippen molar-refractivity contribution < 1.29 is 9.13 Å². The van der Waals surface area contributed by atoms with Crippen molar-refractivity contribution in [3.63, 3.8) is 0 Å². The van der Waals surface area contributed by atoms with Gasteiger partial charge in [0, 0.05) is 39.3 Å². The molecular weight excluding hydrogens is 363 g/mol. The number of hydrogen-bond donors (Lipinski definition) is 0. The van der Waals surface area contributed by atoms with Gasteiger partial charge in [-0.1, -0.05) is 54.6 Å². The standard InChI is InChI=1S/C25H29FN2O/c26-25-7-3-4-22(19-25)20-28-13-11-27(12-14-28)15-17-29-16-10-21-8-9-23-5-1-2-6-24(23)18-21/h1-9,18-19H,10-17,20H2. The van der Waals surface area contributed by atoms with Crippen LogP contribution in [0.25, 0.3) is 10.8 Å². The van der Waals surface area contributed by atoms with Gasteiger partial charge in [-0.2, -0.15) is 0 Å². The van der Waals surface area contributed by atoms with E-state index in [1.807, 2.05) is 6.07 Å². The topological polar surface area (TPSA) is 15.7 Å². The van der Waals surface area contributed by atoms with E-state index < -0.39 is 0 Å². The molecule has 0 saturated carbocycles. The normalized spacial score (nSPS) is 15.8. The van der Waals surface area contributed by atoms with Crippen LogP contribution in [0.2, 0.25) is 0 Å². The minimum absolute atomic E-state index is 0.151. The molecule has 3 aromatic carbocycles. The quantitative estimate of drug-likeness (QED) is 0.530. The Morgan fingerprint density at radius 2 is 1.52 bits per heavy atom. The fourth-order valence-electron chi connectivity index (χ4n) is 3.94. The highest BCUT2D eigenvalue weighted by atomic mass is 19.1. The van der Waals surface area contributed by atoms with Crippen LogP contribution in [0.5, 0.6) is 0 Å². The lowest BCUT2D eigenvalue weighted by Crippen LogP contribution is -2.46. The summed E-state index contributed by atoms with van der Waals surface area (Å²) in [5.74, 6) is -0.151. The first kappa shape index (κ1) is 20.0. The highest BCUT2D eigenvalue weighted by Gasteiger charge is 2.16. The van der Waals surface area contributed by atoms with Gasteiger partial charge in [-0.25, -0.2) is 4.39 Å². The van der Waals surface area contributed by atoms with Gasteiger partial charge >= 0.3 is 0 Å². The van der Waals surface area contributed by atoms with Crippen LogP contribution in [-0.2, 0) is 17.7 Å². The molecule has 3 aromatic rings. The first-order chi connectivity index (χ1) is 14.3. The van der Waals surface area contributed by atoms with Gasteiger partial charge < -0.3 is 4.74 Å². The van der Waals surface area contributed by atoms with E-state index >= 15 is 0 Å². The minimum atomic E-state index is -0.151. The van der Waals surface area contributed by atoms with Crippen LogP contribution in [0.3, 0.4) is 0 Å². The highest BCUT2D eigenvalue weighted by molar-refractivity contribution is 5.82. The Hall–Kier alpha value is -2.27. The maximum absolute atomic E-state index is 13.3. The summed E-state index contributed by atoms with van der Waals surface area (Å²) in [5, 5.41) is 2.58. The predicted octanol–water partition coefficient (Wildman–Crippen LogP) is 4.36. The molecule has 0 radical (unpaired) electrons. The molecule has 1 aliphatic heterocycles.